The maximum Gasteiger partial charge on any atom is 0.185 e. The van der Waals surface area contributed by atoms with E-state index in [9.17, 15) is 0 Å². The molecule has 0 bridgehead atoms. The fraction of sp³-hybridized carbons (Fsp3) is 0.250. The molecule has 0 amide bonds. The first-order valence-electron chi connectivity index (χ1n) is 5.71. The predicted octanol–water partition coefficient (Wildman–Crippen LogP) is 1.65. The Hall–Kier alpha value is -2.37. The maximum atomic E-state index is 5.82. The van der Waals surface area contributed by atoms with Crippen LogP contribution in [0.25, 0.3) is 16.9 Å². The Labute approximate surface area is 104 Å². The van der Waals surface area contributed by atoms with Crippen LogP contribution in [0.4, 0.5) is 5.82 Å². The van der Waals surface area contributed by atoms with Gasteiger partial charge in [-0.15, -0.1) is 0 Å². The van der Waals surface area contributed by atoms with E-state index < -0.39 is 0 Å². The van der Waals surface area contributed by atoms with Gasteiger partial charge in [0.25, 0.3) is 0 Å². The molecule has 3 rings (SSSR count). The topological polar surface area (TPSA) is 85.4 Å². The molecule has 0 radical (unpaired) electrons. The zero-order valence-corrected chi connectivity index (χ0v) is 10.5. The molecule has 18 heavy (non-hydrogen) atoms. The van der Waals surface area contributed by atoms with E-state index in [0.29, 0.717) is 11.5 Å². The quantitative estimate of drug-likeness (QED) is 0.679. The third-order valence-electron chi connectivity index (χ3n) is 2.96. The molecule has 92 valence electrons. The van der Waals surface area contributed by atoms with Gasteiger partial charge in [0.15, 0.2) is 11.5 Å². The summed E-state index contributed by atoms with van der Waals surface area (Å²) in [5.41, 5.74) is 9.49. The van der Waals surface area contributed by atoms with Gasteiger partial charge in [0.1, 0.15) is 5.82 Å². The normalized spacial score (nSPS) is 11.3. The van der Waals surface area contributed by atoms with Crippen LogP contribution in [-0.2, 0) is 0 Å². The van der Waals surface area contributed by atoms with Gasteiger partial charge in [-0.1, -0.05) is 0 Å². The average molecular weight is 242 g/mol. The number of nitrogens with zero attached hydrogens (tertiary/aromatic N) is 4. The van der Waals surface area contributed by atoms with Gasteiger partial charge < -0.3 is 5.73 Å². The highest BCUT2D eigenvalue weighted by Crippen LogP contribution is 2.23. The van der Waals surface area contributed by atoms with E-state index in [1.54, 1.807) is 0 Å². The Kier molecular flexibility index (Phi) is 2.13. The van der Waals surface area contributed by atoms with Gasteiger partial charge in [0.05, 0.1) is 11.1 Å². The lowest BCUT2D eigenvalue weighted by molar-refractivity contribution is 0.808. The summed E-state index contributed by atoms with van der Waals surface area (Å²) in [7, 11) is 0. The van der Waals surface area contributed by atoms with Gasteiger partial charge in [-0.25, -0.2) is 9.67 Å². The highest BCUT2D eigenvalue weighted by atomic mass is 15.3. The smallest absolute Gasteiger partial charge is 0.185 e. The molecule has 0 spiro atoms. The predicted molar refractivity (Wildman–Crippen MR) is 69.6 cm³/mol. The number of anilines is 1. The molecule has 0 fully saturated rings. The van der Waals surface area contributed by atoms with Gasteiger partial charge in [-0.05, 0) is 38.5 Å². The summed E-state index contributed by atoms with van der Waals surface area (Å²) in [6.07, 6.45) is 0. The second-order valence-corrected chi connectivity index (χ2v) is 4.47. The molecule has 0 aliphatic rings. The first-order valence-corrected chi connectivity index (χ1v) is 5.71. The number of aromatic nitrogens is 5. The van der Waals surface area contributed by atoms with E-state index in [-0.39, 0.29) is 0 Å². The van der Waals surface area contributed by atoms with Crippen molar-refractivity contribution in [2.45, 2.75) is 20.8 Å². The molecule has 0 saturated heterocycles. The zero-order chi connectivity index (χ0) is 12.9. The molecular weight excluding hydrogens is 228 g/mol. The molecule has 3 aromatic heterocycles. The lowest BCUT2D eigenvalue weighted by Crippen LogP contribution is -2.03. The molecule has 0 saturated carbocycles. The minimum atomic E-state index is 0.551. The van der Waals surface area contributed by atoms with Crippen molar-refractivity contribution in [3.05, 3.63) is 29.1 Å². The number of H-pyrrole nitrogens is 1. The largest absolute Gasteiger partial charge is 0.384 e. The van der Waals surface area contributed by atoms with Crippen LogP contribution in [0, 0.1) is 20.8 Å². The summed E-state index contributed by atoms with van der Waals surface area (Å²) >= 11 is 0. The van der Waals surface area contributed by atoms with Gasteiger partial charge in [-0.2, -0.15) is 10.2 Å². The molecular formula is C12H14N6. The van der Waals surface area contributed by atoms with Crippen LogP contribution in [-0.4, -0.2) is 25.0 Å². The maximum absolute atomic E-state index is 5.82. The lowest BCUT2D eigenvalue weighted by atomic mass is 10.2. The van der Waals surface area contributed by atoms with Gasteiger partial charge in [0.2, 0.25) is 0 Å². The van der Waals surface area contributed by atoms with E-state index in [4.69, 9.17) is 5.73 Å². The fourth-order valence-corrected chi connectivity index (χ4v) is 2.19. The van der Waals surface area contributed by atoms with Crippen LogP contribution in [0.5, 0.6) is 0 Å². The number of nitrogen functional groups attached to an aromatic ring is 1. The number of pyridine rings is 1. The Morgan fingerprint density at radius 1 is 1.22 bits per heavy atom. The third kappa shape index (κ3) is 1.46. The summed E-state index contributed by atoms with van der Waals surface area (Å²) < 4.78 is 1.81. The molecule has 0 atom stereocenters. The molecule has 0 aliphatic carbocycles. The number of nitrogens with one attached hydrogen (secondary N) is 1. The standard InChI is InChI=1S/C12H14N6/c1-6-4-9(18-8(3)5-7(2)17-18)14-12-10(6)11(13)15-16-12/h4-5H,1-3H3,(H3,13,14,15,16). The van der Waals surface area contributed by atoms with E-state index in [2.05, 4.69) is 20.3 Å². The lowest BCUT2D eigenvalue weighted by Gasteiger charge is -2.05. The molecule has 0 aromatic carbocycles. The van der Waals surface area contributed by atoms with E-state index in [1.807, 2.05) is 37.6 Å². The first kappa shape index (κ1) is 10.8. The summed E-state index contributed by atoms with van der Waals surface area (Å²) in [6.45, 7) is 5.95. The second-order valence-electron chi connectivity index (χ2n) is 4.47. The summed E-state index contributed by atoms with van der Waals surface area (Å²) in [6, 6.07) is 3.98. The SMILES string of the molecule is Cc1cc(C)n(-c2cc(C)c3c(N)[nH]nc3n2)n1. The summed E-state index contributed by atoms with van der Waals surface area (Å²) in [5.74, 6) is 1.31. The van der Waals surface area contributed by atoms with Crippen molar-refractivity contribution in [1.29, 1.82) is 0 Å². The molecule has 6 heteroatoms. The van der Waals surface area contributed by atoms with Crippen LogP contribution >= 0.6 is 0 Å². The zero-order valence-electron chi connectivity index (χ0n) is 10.5. The van der Waals surface area contributed by atoms with E-state index >= 15 is 0 Å². The molecule has 0 unspecified atom stereocenters. The number of rotatable bonds is 1. The van der Waals surface area contributed by atoms with Crippen molar-refractivity contribution in [2.75, 3.05) is 5.73 Å². The number of fused-ring (bicyclic) bond motifs is 1. The van der Waals surface area contributed by atoms with E-state index in [1.165, 1.54) is 0 Å². The van der Waals surface area contributed by atoms with Crippen molar-refractivity contribution in [1.82, 2.24) is 25.0 Å². The minimum Gasteiger partial charge on any atom is -0.384 e. The van der Waals surface area contributed by atoms with Crippen molar-refractivity contribution >= 4 is 16.9 Å². The Bertz CT molecular complexity index is 736. The summed E-state index contributed by atoms with van der Waals surface area (Å²) in [4.78, 5) is 4.48. The van der Waals surface area contributed by atoms with Crippen LogP contribution in [0.2, 0.25) is 0 Å². The van der Waals surface area contributed by atoms with Crippen molar-refractivity contribution in [2.24, 2.45) is 0 Å². The molecule has 3 aromatic rings. The van der Waals surface area contributed by atoms with Crippen LogP contribution in [0.3, 0.4) is 0 Å². The van der Waals surface area contributed by atoms with E-state index in [0.717, 1.165) is 28.2 Å². The molecule has 6 nitrogen and oxygen atoms in total. The fourth-order valence-electron chi connectivity index (χ4n) is 2.19. The van der Waals surface area contributed by atoms with Gasteiger partial charge >= 0.3 is 0 Å². The summed E-state index contributed by atoms with van der Waals surface area (Å²) in [5, 5.41) is 12.1. The second kappa shape index (κ2) is 3.56. The van der Waals surface area contributed by atoms with Crippen LogP contribution in [0.15, 0.2) is 12.1 Å². The number of hydrogen-bond acceptors (Lipinski definition) is 4. The Balaban J connectivity index is 2.28. The Morgan fingerprint density at radius 3 is 2.67 bits per heavy atom. The minimum absolute atomic E-state index is 0.551. The van der Waals surface area contributed by atoms with Crippen LogP contribution < -0.4 is 5.73 Å². The monoisotopic (exact) mass is 242 g/mol. The third-order valence-corrected chi connectivity index (χ3v) is 2.96. The number of aryl methyl sites for hydroxylation is 3. The Morgan fingerprint density at radius 2 is 2.00 bits per heavy atom. The number of aromatic amines is 1. The molecule has 0 aliphatic heterocycles. The molecule has 3 heterocycles. The van der Waals surface area contributed by atoms with Crippen molar-refractivity contribution in [3.8, 4) is 5.82 Å². The highest BCUT2D eigenvalue weighted by molar-refractivity contribution is 5.89. The van der Waals surface area contributed by atoms with Gasteiger partial charge in [0, 0.05) is 5.69 Å². The van der Waals surface area contributed by atoms with Crippen LogP contribution in [0.1, 0.15) is 17.0 Å². The molecule has 3 N–H and O–H groups in total. The first-order chi connectivity index (χ1) is 8.56. The van der Waals surface area contributed by atoms with Gasteiger partial charge in [-0.3, -0.25) is 5.10 Å². The number of nitrogens with two attached hydrogens (primary N) is 1. The highest BCUT2D eigenvalue weighted by Gasteiger charge is 2.12. The number of hydrogen-bond donors (Lipinski definition) is 2. The average Bonchev–Trinajstić information content (AvgIpc) is 2.82. The van der Waals surface area contributed by atoms with Crippen molar-refractivity contribution < 1.29 is 0 Å². The van der Waals surface area contributed by atoms with Crippen molar-refractivity contribution in [3.63, 3.8) is 0 Å².